The number of ether oxygens (including phenoxy) is 2. The third-order valence-electron chi connectivity index (χ3n) is 6.22. The Hall–Kier alpha value is -2.28. The molecule has 0 aliphatic carbocycles. The van der Waals surface area contributed by atoms with Crippen molar-refractivity contribution >= 4 is 17.5 Å². The number of rotatable bonds is 7. The quantitative estimate of drug-likeness (QED) is 0.589. The molecule has 32 heavy (non-hydrogen) atoms. The molecule has 2 aliphatic heterocycles. The van der Waals surface area contributed by atoms with Crippen LogP contribution in [-0.4, -0.2) is 51.9 Å². The van der Waals surface area contributed by atoms with E-state index >= 15 is 0 Å². The highest BCUT2D eigenvalue weighted by molar-refractivity contribution is 6.32. The van der Waals surface area contributed by atoms with E-state index in [4.69, 9.17) is 21.1 Å². The molecule has 1 aromatic heterocycles. The molecule has 2 aliphatic rings. The van der Waals surface area contributed by atoms with E-state index < -0.39 is 0 Å². The number of carbonyl (C=O) groups excluding carboxylic acids is 1. The van der Waals surface area contributed by atoms with Gasteiger partial charge in [0.25, 0.3) is 5.91 Å². The van der Waals surface area contributed by atoms with Crippen LogP contribution in [0.25, 0.3) is 0 Å². The Kier molecular flexibility index (Phi) is 7.55. The lowest BCUT2D eigenvalue weighted by atomic mass is 9.96. The fourth-order valence-electron chi connectivity index (χ4n) is 4.66. The van der Waals surface area contributed by atoms with Gasteiger partial charge in [0, 0.05) is 37.5 Å². The maximum absolute atomic E-state index is 13.4. The molecule has 0 saturated carbocycles. The summed E-state index contributed by atoms with van der Waals surface area (Å²) in [5, 5.41) is 9.41. The third kappa shape index (κ3) is 4.87. The number of halogens is 1. The van der Waals surface area contributed by atoms with E-state index in [0.29, 0.717) is 41.8 Å². The first-order chi connectivity index (χ1) is 15.6. The van der Waals surface area contributed by atoms with Gasteiger partial charge in [0.15, 0.2) is 11.5 Å². The number of hydrogen-bond donors (Lipinski definition) is 0. The molecule has 0 N–H and O–H groups in total. The zero-order valence-corrected chi connectivity index (χ0v) is 19.9. The Bertz CT molecular complexity index is 946. The van der Waals surface area contributed by atoms with Crippen molar-refractivity contribution in [2.24, 2.45) is 0 Å². The number of carbonyl (C=O) groups is 1. The lowest BCUT2D eigenvalue weighted by molar-refractivity contribution is 0.0702. The van der Waals surface area contributed by atoms with Gasteiger partial charge in [-0.3, -0.25) is 4.79 Å². The van der Waals surface area contributed by atoms with Crippen molar-refractivity contribution in [1.29, 1.82) is 0 Å². The van der Waals surface area contributed by atoms with Gasteiger partial charge in [0.2, 0.25) is 0 Å². The third-order valence-corrected chi connectivity index (χ3v) is 6.50. The second-order valence-electron chi connectivity index (χ2n) is 8.59. The summed E-state index contributed by atoms with van der Waals surface area (Å²) in [6.07, 6.45) is 7.41. The van der Waals surface area contributed by atoms with Gasteiger partial charge in [-0.25, -0.2) is 0 Å². The normalized spacial score (nSPS) is 18.7. The molecule has 174 valence electrons. The monoisotopic (exact) mass is 460 g/mol. The standard InChI is InChI=1S/C24H33ClN4O3/c1-3-13-32-22-19(25)14-18(15-20(22)31-4-2)24(30)28-11-8-9-17(16-28)23-27-26-21-10-6-5-7-12-29(21)23/h14-15,17H,3-13,16H2,1-2H3. The number of fused-ring (bicyclic) bond motifs is 1. The van der Waals surface area contributed by atoms with Crippen LogP contribution >= 0.6 is 11.6 Å². The molecule has 1 fully saturated rings. The summed E-state index contributed by atoms with van der Waals surface area (Å²) in [4.78, 5) is 15.3. The first-order valence-corrected chi connectivity index (χ1v) is 12.3. The maximum atomic E-state index is 13.4. The van der Waals surface area contributed by atoms with Crippen LogP contribution in [0, 0.1) is 0 Å². The molecule has 1 aromatic carbocycles. The van der Waals surface area contributed by atoms with Crippen LogP contribution in [0.5, 0.6) is 11.5 Å². The summed E-state index contributed by atoms with van der Waals surface area (Å²) in [6.45, 7) is 7.31. The van der Waals surface area contributed by atoms with Crippen molar-refractivity contribution in [2.75, 3.05) is 26.3 Å². The second-order valence-corrected chi connectivity index (χ2v) is 9.00. The van der Waals surface area contributed by atoms with Crippen molar-refractivity contribution in [1.82, 2.24) is 19.7 Å². The van der Waals surface area contributed by atoms with Crippen LogP contribution < -0.4 is 9.47 Å². The zero-order valence-electron chi connectivity index (χ0n) is 19.1. The van der Waals surface area contributed by atoms with Crippen LogP contribution in [0.2, 0.25) is 5.02 Å². The molecule has 1 unspecified atom stereocenters. The summed E-state index contributed by atoms with van der Waals surface area (Å²) in [5.41, 5.74) is 0.531. The second kappa shape index (κ2) is 10.6. The first kappa shape index (κ1) is 22.9. The average molecular weight is 461 g/mol. The number of likely N-dealkylation sites (tertiary alicyclic amines) is 1. The maximum Gasteiger partial charge on any atom is 0.254 e. The van der Waals surface area contributed by atoms with E-state index in [0.717, 1.165) is 50.4 Å². The van der Waals surface area contributed by atoms with Crippen molar-refractivity contribution in [3.63, 3.8) is 0 Å². The Labute approximate surface area is 195 Å². The summed E-state index contributed by atoms with van der Waals surface area (Å²) >= 11 is 6.50. The predicted molar refractivity (Wildman–Crippen MR) is 124 cm³/mol. The van der Waals surface area contributed by atoms with Gasteiger partial charge in [-0.2, -0.15) is 0 Å². The van der Waals surface area contributed by atoms with Crippen molar-refractivity contribution in [3.05, 3.63) is 34.4 Å². The molecular weight excluding hydrogens is 428 g/mol. The van der Waals surface area contributed by atoms with Crippen molar-refractivity contribution < 1.29 is 14.3 Å². The molecular formula is C24H33ClN4O3. The van der Waals surface area contributed by atoms with Crippen LogP contribution in [-0.2, 0) is 13.0 Å². The molecule has 0 radical (unpaired) electrons. The molecule has 0 bridgehead atoms. The summed E-state index contributed by atoms with van der Waals surface area (Å²) in [6, 6.07) is 3.46. The van der Waals surface area contributed by atoms with Crippen LogP contribution in [0.15, 0.2) is 12.1 Å². The fraction of sp³-hybridized carbons (Fsp3) is 0.625. The number of hydrogen-bond acceptors (Lipinski definition) is 5. The fourth-order valence-corrected chi connectivity index (χ4v) is 4.93. The van der Waals surface area contributed by atoms with Crippen LogP contribution in [0.1, 0.15) is 80.3 Å². The predicted octanol–water partition coefficient (Wildman–Crippen LogP) is 4.87. The van der Waals surface area contributed by atoms with Gasteiger partial charge >= 0.3 is 0 Å². The average Bonchev–Trinajstić information content (AvgIpc) is 3.06. The molecule has 0 spiro atoms. The number of benzene rings is 1. The van der Waals surface area contributed by atoms with E-state index in [1.165, 1.54) is 19.3 Å². The van der Waals surface area contributed by atoms with Gasteiger partial charge in [0.1, 0.15) is 11.6 Å². The van der Waals surface area contributed by atoms with Gasteiger partial charge in [-0.15, -0.1) is 10.2 Å². The van der Waals surface area contributed by atoms with Crippen LogP contribution in [0.4, 0.5) is 0 Å². The van der Waals surface area contributed by atoms with Gasteiger partial charge in [-0.05, 0) is 51.2 Å². The molecule has 1 saturated heterocycles. The molecule has 2 aromatic rings. The minimum absolute atomic E-state index is 0.0322. The first-order valence-electron chi connectivity index (χ1n) is 11.9. The molecule has 1 atom stereocenters. The summed E-state index contributed by atoms with van der Waals surface area (Å²) in [7, 11) is 0. The summed E-state index contributed by atoms with van der Waals surface area (Å²) < 4.78 is 13.8. The number of nitrogens with zero attached hydrogens (tertiary/aromatic N) is 4. The van der Waals surface area contributed by atoms with Gasteiger partial charge in [0.05, 0.1) is 18.2 Å². The zero-order chi connectivity index (χ0) is 22.5. The van der Waals surface area contributed by atoms with E-state index in [1.54, 1.807) is 12.1 Å². The minimum Gasteiger partial charge on any atom is -0.490 e. The number of aryl methyl sites for hydroxylation is 1. The van der Waals surface area contributed by atoms with E-state index in [9.17, 15) is 4.79 Å². The van der Waals surface area contributed by atoms with Gasteiger partial charge in [-0.1, -0.05) is 24.9 Å². The highest BCUT2D eigenvalue weighted by atomic mass is 35.5. The highest BCUT2D eigenvalue weighted by Gasteiger charge is 2.30. The van der Waals surface area contributed by atoms with E-state index in [2.05, 4.69) is 14.8 Å². The highest BCUT2D eigenvalue weighted by Crippen LogP contribution is 2.38. The molecule has 7 nitrogen and oxygen atoms in total. The largest absolute Gasteiger partial charge is 0.490 e. The Morgan fingerprint density at radius 3 is 2.81 bits per heavy atom. The molecule has 1 amide bonds. The van der Waals surface area contributed by atoms with E-state index in [1.807, 2.05) is 18.7 Å². The van der Waals surface area contributed by atoms with Crippen LogP contribution in [0.3, 0.4) is 0 Å². The van der Waals surface area contributed by atoms with E-state index in [-0.39, 0.29) is 11.8 Å². The smallest absolute Gasteiger partial charge is 0.254 e. The lowest BCUT2D eigenvalue weighted by Crippen LogP contribution is -2.39. The number of piperidine rings is 1. The molecule has 3 heterocycles. The number of amides is 1. The van der Waals surface area contributed by atoms with Crippen molar-refractivity contribution in [2.45, 2.75) is 71.3 Å². The summed E-state index contributed by atoms with van der Waals surface area (Å²) in [5.74, 6) is 3.34. The Morgan fingerprint density at radius 1 is 1.12 bits per heavy atom. The SMILES string of the molecule is CCCOc1c(Cl)cc(C(=O)N2CCCC(c3nnc4n3CCCCC4)C2)cc1OCC. The number of aromatic nitrogens is 3. The van der Waals surface area contributed by atoms with Crippen molar-refractivity contribution in [3.8, 4) is 11.5 Å². The lowest BCUT2D eigenvalue weighted by Gasteiger charge is -2.32. The Balaban J connectivity index is 1.54. The topological polar surface area (TPSA) is 69.5 Å². The molecule has 8 heteroatoms. The van der Waals surface area contributed by atoms with Gasteiger partial charge < -0.3 is 18.9 Å². The molecule has 4 rings (SSSR count). The Morgan fingerprint density at radius 2 is 2.00 bits per heavy atom. The minimum atomic E-state index is -0.0322.